The normalized spacial score (nSPS) is 21.2. The zero-order chi connectivity index (χ0) is 25.5. The van der Waals surface area contributed by atoms with Gasteiger partial charge in [0.15, 0.2) is 11.6 Å². The molecule has 0 fully saturated rings. The second kappa shape index (κ2) is 7.81. The highest BCUT2D eigenvalue weighted by molar-refractivity contribution is 9.10. The van der Waals surface area contributed by atoms with Crippen LogP contribution in [0.4, 0.5) is 0 Å². The van der Waals surface area contributed by atoms with Crippen molar-refractivity contribution >= 4 is 51.3 Å². The number of aliphatic imine (C=N–C) groups is 1. The first kappa shape index (κ1) is 23.0. The molecule has 4 aliphatic rings. The minimum absolute atomic E-state index is 0.134. The number of halogens is 1. The Kier molecular flexibility index (Phi) is 5.00. The van der Waals surface area contributed by atoms with Crippen molar-refractivity contribution in [2.24, 2.45) is 10.4 Å². The maximum absolute atomic E-state index is 14.3. The molecule has 36 heavy (non-hydrogen) atoms. The number of ketones is 2. The van der Waals surface area contributed by atoms with Crippen molar-refractivity contribution in [1.29, 1.82) is 0 Å². The Balaban J connectivity index is 1.67. The fourth-order valence-corrected chi connectivity index (χ4v) is 6.29. The molecule has 0 saturated carbocycles. The first-order chi connectivity index (χ1) is 17.1. The van der Waals surface area contributed by atoms with Crippen LogP contribution in [0.2, 0.25) is 0 Å². The molecule has 6 rings (SSSR count). The minimum Gasteiger partial charge on any atom is -0.426 e. The van der Waals surface area contributed by atoms with Gasteiger partial charge >= 0.3 is 5.97 Å². The number of rotatable bonds is 2. The van der Waals surface area contributed by atoms with Crippen molar-refractivity contribution in [3.63, 3.8) is 0 Å². The van der Waals surface area contributed by atoms with E-state index in [1.165, 1.54) is 6.92 Å². The smallest absolute Gasteiger partial charge is 0.308 e. The van der Waals surface area contributed by atoms with Gasteiger partial charge in [-0.25, -0.2) is 0 Å². The van der Waals surface area contributed by atoms with Crippen molar-refractivity contribution in [2.75, 3.05) is 0 Å². The molecule has 0 aromatic heterocycles. The molecule has 1 atom stereocenters. The van der Waals surface area contributed by atoms with Gasteiger partial charge in [-0.2, -0.15) is 0 Å². The molecular formula is C30H24BrNO4. The first-order valence-corrected chi connectivity index (χ1v) is 12.8. The Labute approximate surface area is 217 Å². The molecule has 2 aromatic rings. The average molecular weight is 542 g/mol. The Morgan fingerprint density at radius 3 is 2.53 bits per heavy atom. The molecule has 180 valence electrons. The fourth-order valence-electron chi connectivity index (χ4n) is 6.02. The monoisotopic (exact) mass is 541 g/mol. The van der Waals surface area contributed by atoms with E-state index in [0.29, 0.717) is 35.4 Å². The summed E-state index contributed by atoms with van der Waals surface area (Å²) in [6, 6.07) is 9.25. The van der Waals surface area contributed by atoms with E-state index in [4.69, 9.17) is 4.74 Å². The van der Waals surface area contributed by atoms with E-state index in [0.717, 1.165) is 43.4 Å². The largest absolute Gasteiger partial charge is 0.426 e. The highest BCUT2D eigenvalue weighted by atomic mass is 79.9. The van der Waals surface area contributed by atoms with Crippen molar-refractivity contribution in [3.05, 3.63) is 84.9 Å². The summed E-state index contributed by atoms with van der Waals surface area (Å²) >= 11 is 3.44. The van der Waals surface area contributed by atoms with Crippen LogP contribution in [0.15, 0.2) is 62.1 Å². The highest BCUT2D eigenvalue weighted by Gasteiger charge is 2.48. The van der Waals surface area contributed by atoms with Crippen LogP contribution in [0.1, 0.15) is 67.9 Å². The minimum atomic E-state index is -0.878. The van der Waals surface area contributed by atoms with Gasteiger partial charge in [-0.3, -0.25) is 19.4 Å². The number of nitrogens with zero attached hydrogens (tertiary/aromatic N) is 1. The summed E-state index contributed by atoms with van der Waals surface area (Å²) in [4.78, 5) is 44.3. The second-order valence-electron chi connectivity index (χ2n) is 10.5. The van der Waals surface area contributed by atoms with Gasteiger partial charge in [-0.05, 0) is 82.0 Å². The number of hydrogen-bond donors (Lipinski definition) is 0. The number of esters is 1. The van der Waals surface area contributed by atoms with Crippen LogP contribution < -0.4 is 4.74 Å². The quantitative estimate of drug-likeness (QED) is 0.260. The van der Waals surface area contributed by atoms with E-state index in [9.17, 15) is 14.4 Å². The standard InChI is InChI=1S/C30H24BrNO4/c1-14-20-11-30(3,4)22-10-19-23(36-15(2)33)9-17-12-32-13-21(17)25(19)27(22)26(20)29(35)24(28(14)34)16-5-7-18(31)8-6-16/h5-10,12,24H,11,13H2,1-4H3. The number of carbonyl (C=O) groups excluding carboxylic acids is 3. The molecular weight excluding hydrogens is 518 g/mol. The molecule has 6 heteroatoms. The summed E-state index contributed by atoms with van der Waals surface area (Å²) in [6.07, 6.45) is 4.45. The van der Waals surface area contributed by atoms with Gasteiger partial charge in [0.1, 0.15) is 11.7 Å². The SMILES string of the molecule is CC(=O)Oc1cc2c(c3c1C=C1C3=C3C(=O)C(c4ccc(Br)cc4)C(=O)C(C)=C3CC1(C)C)CN=C2. The molecule has 0 bridgehead atoms. The predicted octanol–water partition coefficient (Wildman–Crippen LogP) is 6.14. The number of allylic oxidation sites excluding steroid dienone is 5. The number of ether oxygens (including phenoxy) is 1. The third-order valence-corrected chi connectivity index (χ3v) is 8.24. The van der Waals surface area contributed by atoms with Crippen molar-refractivity contribution in [3.8, 4) is 5.75 Å². The number of Topliss-reactive ketones (excluding diaryl/α,β-unsaturated/α-hetero) is 2. The lowest BCUT2D eigenvalue weighted by Gasteiger charge is -2.40. The Morgan fingerprint density at radius 1 is 1.11 bits per heavy atom. The van der Waals surface area contributed by atoms with Gasteiger partial charge in [0, 0.05) is 34.3 Å². The molecule has 0 spiro atoms. The van der Waals surface area contributed by atoms with E-state index in [1.54, 1.807) is 6.21 Å². The molecule has 0 saturated heterocycles. The summed E-state index contributed by atoms with van der Waals surface area (Å²) in [6.45, 7) is 8.01. The zero-order valence-corrected chi connectivity index (χ0v) is 22.1. The summed E-state index contributed by atoms with van der Waals surface area (Å²) in [5.74, 6) is -1.11. The van der Waals surface area contributed by atoms with Gasteiger partial charge in [0.05, 0.1) is 6.54 Å². The lowest BCUT2D eigenvalue weighted by molar-refractivity contribution is -0.132. The maximum atomic E-state index is 14.3. The van der Waals surface area contributed by atoms with Crippen molar-refractivity contribution < 1.29 is 19.1 Å². The van der Waals surface area contributed by atoms with Crippen LogP contribution in [-0.2, 0) is 20.9 Å². The van der Waals surface area contributed by atoms with E-state index in [1.807, 2.05) is 37.3 Å². The van der Waals surface area contributed by atoms with Crippen LogP contribution in [0.5, 0.6) is 5.75 Å². The number of benzene rings is 2. The first-order valence-electron chi connectivity index (χ1n) is 12.0. The van der Waals surface area contributed by atoms with E-state index in [-0.39, 0.29) is 17.0 Å². The third kappa shape index (κ3) is 3.20. The van der Waals surface area contributed by atoms with Gasteiger partial charge in [-0.15, -0.1) is 0 Å². The van der Waals surface area contributed by atoms with Gasteiger partial charge in [0.2, 0.25) is 0 Å². The molecule has 0 N–H and O–H groups in total. The predicted molar refractivity (Wildman–Crippen MR) is 142 cm³/mol. The maximum Gasteiger partial charge on any atom is 0.308 e. The lowest BCUT2D eigenvalue weighted by Crippen LogP contribution is -2.35. The molecule has 2 aromatic carbocycles. The molecule has 0 radical (unpaired) electrons. The topological polar surface area (TPSA) is 72.8 Å². The molecule has 1 unspecified atom stereocenters. The Morgan fingerprint density at radius 2 is 1.83 bits per heavy atom. The summed E-state index contributed by atoms with van der Waals surface area (Å²) in [7, 11) is 0. The van der Waals surface area contributed by atoms with E-state index >= 15 is 0 Å². The van der Waals surface area contributed by atoms with Crippen molar-refractivity contribution in [2.45, 2.75) is 46.6 Å². The second-order valence-corrected chi connectivity index (χ2v) is 11.4. The van der Waals surface area contributed by atoms with Crippen LogP contribution >= 0.6 is 15.9 Å². The summed E-state index contributed by atoms with van der Waals surface area (Å²) < 4.78 is 6.52. The summed E-state index contributed by atoms with van der Waals surface area (Å²) in [5.41, 5.74) is 8.00. The molecule has 0 amide bonds. The van der Waals surface area contributed by atoms with Crippen molar-refractivity contribution in [1.82, 2.24) is 0 Å². The lowest BCUT2D eigenvalue weighted by atomic mass is 9.62. The van der Waals surface area contributed by atoms with Crippen LogP contribution in [-0.4, -0.2) is 23.8 Å². The van der Waals surface area contributed by atoms with Gasteiger partial charge < -0.3 is 4.74 Å². The molecule has 1 heterocycles. The fraction of sp³-hybridized carbons (Fsp3) is 0.267. The van der Waals surface area contributed by atoms with Crippen LogP contribution in [0.25, 0.3) is 11.6 Å². The van der Waals surface area contributed by atoms with Gasteiger partial charge in [-0.1, -0.05) is 41.9 Å². The van der Waals surface area contributed by atoms with Gasteiger partial charge in [0.25, 0.3) is 0 Å². The van der Waals surface area contributed by atoms with Crippen LogP contribution in [0, 0.1) is 5.41 Å². The third-order valence-electron chi connectivity index (χ3n) is 7.71. The van der Waals surface area contributed by atoms with E-state index < -0.39 is 11.9 Å². The summed E-state index contributed by atoms with van der Waals surface area (Å²) in [5, 5.41) is 0. The average Bonchev–Trinajstić information content (AvgIpc) is 3.44. The number of carbonyl (C=O) groups is 3. The highest BCUT2D eigenvalue weighted by Crippen LogP contribution is 2.59. The zero-order valence-electron chi connectivity index (χ0n) is 20.5. The van der Waals surface area contributed by atoms with Crippen LogP contribution in [0.3, 0.4) is 0 Å². The Bertz CT molecular complexity index is 1550. The Hall–Kier alpha value is -3.38. The number of hydrogen-bond acceptors (Lipinski definition) is 5. The molecule has 1 aliphatic heterocycles. The molecule has 5 nitrogen and oxygen atoms in total. The number of fused-ring (bicyclic) bond motifs is 6. The van der Waals surface area contributed by atoms with E-state index in [2.05, 4.69) is 40.8 Å². The molecule has 3 aliphatic carbocycles.